The molecule has 1 amide bonds. The second-order valence-electron chi connectivity index (χ2n) is 6.49. The van der Waals surface area contributed by atoms with E-state index in [9.17, 15) is 20.1 Å². The number of nitrogens with one attached hydrogen (secondary N) is 2. The molecule has 2 aliphatic heterocycles. The van der Waals surface area contributed by atoms with Crippen LogP contribution in [0.2, 0.25) is 0 Å². The van der Waals surface area contributed by atoms with Crippen molar-refractivity contribution in [2.45, 2.75) is 36.1 Å². The molecule has 2 aromatic rings. The van der Waals surface area contributed by atoms with Crippen LogP contribution in [0.25, 0.3) is 11.0 Å². The fourth-order valence-corrected chi connectivity index (χ4v) is 3.73. The monoisotopic (exact) mass is 381 g/mol. The van der Waals surface area contributed by atoms with Crippen molar-refractivity contribution in [2.24, 2.45) is 0 Å². The van der Waals surface area contributed by atoms with Crippen LogP contribution in [-0.2, 0) is 9.53 Å². The standard InChI is InChI=1S/C15H19N5O5S/c1-15(24)10(23)7(5-21)25-13(15)20-4-6-9-11(17-8(22)3-16-6)18-14(26-2)19-12(9)20/h4,7,10,13,16,21,23-24H,3,5H2,1-2H3,(H,17,18,19,22)/t7-,10-,13?,15-/m1/s1. The Balaban J connectivity index is 1.92. The van der Waals surface area contributed by atoms with Gasteiger partial charge in [0, 0.05) is 6.20 Å². The zero-order chi connectivity index (χ0) is 18.6. The van der Waals surface area contributed by atoms with Crippen molar-refractivity contribution in [3.63, 3.8) is 0 Å². The molecule has 4 rings (SSSR count). The molecule has 0 saturated carbocycles. The van der Waals surface area contributed by atoms with Crippen LogP contribution in [0.4, 0.5) is 11.5 Å². The molecule has 1 saturated heterocycles. The average molecular weight is 381 g/mol. The molecule has 1 unspecified atom stereocenters. The molecule has 4 atom stereocenters. The van der Waals surface area contributed by atoms with Crippen molar-refractivity contribution in [2.75, 3.05) is 30.0 Å². The van der Waals surface area contributed by atoms with Gasteiger partial charge in [0.15, 0.2) is 17.0 Å². The maximum atomic E-state index is 11.9. The number of carbonyl (C=O) groups excluding carboxylic acids is 1. The predicted molar refractivity (Wildman–Crippen MR) is 94.1 cm³/mol. The smallest absolute Gasteiger partial charge is 0.244 e. The van der Waals surface area contributed by atoms with E-state index in [1.54, 1.807) is 10.8 Å². The summed E-state index contributed by atoms with van der Waals surface area (Å²) in [5, 5.41) is 37.3. The Morgan fingerprint density at radius 3 is 2.92 bits per heavy atom. The van der Waals surface area contributed by atoms with Crippen LogP contribution < -0.4 is 10.6 Å². The quantitative estimate of drug-likeness (QED) is 0.352. The molecular weight excluding hydrogens is 362 g/mol. The SMILES string of the molecule is CSc1nc2c3c(cn(C4O[C@H](CO)[C@@H](O)[C@@]4(C)O)c3n1)NCC(=O)N2. The number of anilines is 2. The molecule has 0 spiro atoms. The van der Waals surface area contributed by atoms with Gasteiger partial charge in [0.25, 0.3) is 0 Å². The number of rotatable bonds is 3. The number of hydrogen-bond acceptors (Lipinski definition) is 9. The second-order valence-corrected chi connectivity index (χ2v) is 7.26. The lowest BCUT2D eigenvalue weighted by molar-refractivity contribution is -0.114. The van der Waals surface area contributed by atoms with Gasteiger partial charge >= 0.3 is 0 Å². The molecule has 5 N–H and O–H groups in total. The number of aliphatic hydroxyl groups is 3. The van der Waals surface area contributed by atoms with Crippen molar-refractivity contribution >= 4 is 40.2 Å². The van der Waals surface area contributed by atoms with E-state index in [1.807, 2.05) is 6.26 Å². The number of aliphatic hydroxyl groups excluding tert-OH is 2. The third-order valence-corrected chi connectivity index (χ3v) is 5.27. The molecule has 4 heterocycles. The molecule has 0 bridgehead atoms. The molecule has 2 aromatic heterocycles. The number of ether oxygens (including phenoxy) is 1. The van der Waals surface area contributed by atoms with E-state index < -0.39 is 30.6 Å². The van der Waals surface area contributed by atoms with Gasteiger partial charge < -0.3 is 35.3 Å². The summed E-state index contributed by atoms with van der Waals surface area (Å²) < 4.78 is 7.30. The maximum absolute atomic E-state index is 11.9. The van der Waals surface area contributed by atoms with Crippen molar-refractivity contribution in [3.05, 3.63) is 6.20 Å². The normalized spacial score (nSPS) is 31.0. The molecular formula is C15H19N5O5S. The van der Waals surface area contributed by atoms with Gasteiger partial charge in [-0.2, -0.15) is 0 Å². The summed E-state index contributed by atoms with van der Waals surface area (Å²) in [4.78, 5) is 20.7. The lowest BCUT2D eigenvalue weighted by atomic mass is 9.96. The first-order valence-electron chi connectivity index (χ1n) is 8.04. The van der Waals surface area contributed by atoms with Crippen molar-refractivity contribution in [3.8, 4) is 0 Å². The molecule has 10 nitrogen and oxygen atoms in total. The van der Waals surface area contributed by atoms with Crippen molar-refractivity contribution < 1.29 is 24.9 Å². The van der Waals surface area contributed by atoms with Crippen LogP contribution in [0.5, 0.6) is 0 Å². The van der Waals surface area contributed by atoms with E-state index in [2.05, 4.69) is 20.6 Å². The summed E-state index contributed by atoms with van der Waals surface area (Å²) in [5.74, 6) is 0.152. The molecule has 2 aliphatic rings. The van der Waals surface area contributed by atoms with Crippen molar-refractivity contribution in [1.29, 1.82) is 0 Å². The van der Waals surface area contributed by atoms with E-state index in [4.69, 9.17) is 4.74 Å². The maximum Gasteiger partial charge on any atom is 0.244 e. The fraction of sp³-hybridized carbons (Fsp3) is 0.533. The summed E-state index contributed by atoms with van der Waals surface area (Å²) in [6.07, 6.45) is 0.323. The van der Waals surface area contributed by atoms with E-state index in [0.29, 0.717) is 27.7 Å². The summed E-state index contributed by atoms with van der Waals surface area (Å²) in [5.41, 5.74) is -0.586. The topological polar surface area (TPSA) is 142 Å². The Labute approximate surface area is 152 Å². The van der Waals surface area contributed by atoms with Crippen LogP contribution in [0.1, 0.15) is 13.2 Å². The number of thioether (sulfide) groups is 1. The zero-order valence-corrected chi connectivity index (χ0v) is 14.9. The van der Waals surface area contributed by atoms with Gasteiger partial charge in [0.05, 0.1) is 24.2 Å². The Hall–Kier alpha value is -1.92. The lowest BCUT2D eigenvalue weighted by Crippen LogP contribution is -2.44. The highest BCUT2D eigenvalue weighted by Crippen LogP contribution is 2.43. The summed E-state index contributed by atoms with van der Waals surface area (Å²) >= 11 is 1.31. The van der Waals surface area contributed by atoms with Crippen molar-refractivity contribution in [1.82, 2.24) is 14.5 Å². The van der Waals surface area contributed by atoms with Crippen LogP contribution in [-0.4, -0.2) is 73.0 Å². The highest BCUT2D eigenvalue weighted by molar-refractivity contribution is 7.98. The molecule has 140 valence electrons. The summed E-state index contributed by atoms with van der Waals surface area (Å²) in [7, 11) is 0. The van der Waals surface area contributed by atoms with Gasteiger partial charge in [0.1, 0.15) is 23.6 Å². The summed E-state index contributed by atoms with van der Waals surface area (Å²) in [6.45, 7) is 1.08. The van der Waals surface area contributed by atoms with E-state index in [0.717, 1.165) is 0 Å². The molecule has 0 aliphatic carbocycles. The molecule has 0 aromatic carbocycles. The fourth-order valence-electron chi connectivity index (χ4n) is 3.37. The highest BCUT2D eigenvalue weighted by atomic mass is 32.2. The first-order chi connectivity index (χ1) is 12.4. The van der Waals surface area contributed by atoms with Crippen LogP contribution in [0.3, 0.4) is 0 Å². The van der Waals surface area contributed by atoms with Gasteiger partial charge in [-0.1, -0.05) is 11.8 Å². The Kier molecular flexibility index (Phi) is 4.08. The number of aromatic nitrogens is 3. The number of carbonyl (C=O) groups is 1. The third-order valence-electron chi connectivity index (χ3n) is 4.72. The molecule has 0 radical (unpaired) electrons. The minimum atomic E-state index is -1.64. The number of nitrogens with zero attached hydrogens (tertiary/aromatic N) is 3. The second kappa shape index (κ2) is 6.06. The highest BCUT2D eigenvalue weighted by Gasteiger charge is 2.53. The zero-order valence-electron chi connectivity index (χ0n) is 14.1. The minimum absolute atomic E-state index is 0.0634. The first kappa shape index (κ1) is 17.5. The Morgan fingerprint density at radius 1 is 1.50 bits per heavy atom. The van der Waals surface area contributed by atoms with Gasteiger partial charge in [-0.3, -0.25) is 4.79 Å². The Morgan fingerprint density at radius 2 is 2.27 bits per heavy atom. The van der Waals surface area contributed by atoms with E-state index in [1.165, 1.54) is 18.7 Å². The molecule has 1 fully saturated rings. The minimum Gasteiger partial charge on any atom is -0.394 e. The number of amides is 1. The first-order valence-corrected chi connectivity index (χ1v) is 9.26. The van der Waals surface area contributed by atoms with E-state index >= 15 is 0 Å². The predicted octanol–water partition coefficient (Wildman–Crippen LogP) is -0.481. The van der Waals surface area contributed by atoms with Gasteiger partial charge in [-0.05, 0) is 13.2 Å². The third kappa shape index (κ3) is 2.47. The Bertz CT molecular complexity index is 885. The van der Waals surface area contributed by atoms with Gasteiger partial charge in [-0.15, -0.1) is 0 Å². The van der Waals surface area contributed by atoms with Crippen LogP contribution in [0.15, 0.2) is 11.4 Å². The lowest BCUT2D eigenvalue weighted by Gasteiger charge is -2.27. The average Bonchev–Trinajstić information content (AvgIpc) is 3.01. The molecule has 26 heavy (non-hydrogen) atoms. The van der Waals surface area contributed by atoms with Crippen LogP contribution >= 0.6 is 11.8 Å². The molecule has 11 heteroatoms. The summed E-state index contributed by atoms with van der Waals surface area (Å²) in [6, 6.07) is 0. The van der Waals surface area contributed by atoms with E-state index in [-0.39, 0.29) is 12.5 Å². The largest absolute Gasteiger partial charge is 0.394 e. The van der Waals surface area contributed by atoms with Crippen LogP contribution in [0, 0.1) is 0 Å². The van der Waals surface area contributed by atoms with Gasteiger partial charge in [-0.25, -0.2) is 9.97 Å². The number of hydrogen-bond donors (Lipinski definition) is 5. The van der Waals surface area contributed by atoms with Gasteiger partial charge in [0.2, 0.25) is 5.91 Å².